The average molecular weight is 282 g/mol. The third-order valence-corrected chi connectivity index (χ3v) is 3.36. The van der Waals surface area contributed by atoms with E-state index in [1.165, 1.54) is 0 Å². The van der Waals surface area contributed by atoms with E-state index >= 15 is 0 Å². The van der Waals surface area contributed by atoms with E-state index in [0.29, 0.717) is 23.6 Å². The Morgan fingerprint density at radius 2 is 2.26 bits per heavy atom. The van der Waals surface area contributed by atoms with Crippen molar-refractivity contribution >= 4 is 23.4 Å². The first kappa shape index (κ1) is 15.7. The number of ether oxygens (including phenoxy) is 1. The molecule has 1 unspecified atom stereocenters. The highest BCUT2D eigenvalue weighted by atomic mass is 32.2. The van der Waals surface area contributed by atoms with Gasteiger partial charge in [-0.2, -0.15) is 11.8 Å². The predicted octanol–water partition coefficient (Wildman–Crippen LogP) is 2.54. The first-order valence-electron chi connectivity index (χ1n) is 6.41. The Bertz CT molecular complexity index is 424. The zero-order valence-electron chi connectivity index (χ0n) is 11.7. The molecule has 0 bridgehead atoms. The Labute approximate surface area is 119 Å². The summed E-state index contributed by atoms with van der Waals surface area (Å²) in [4.78, 5) is 12.2. The van der Waals surface area contributed by atoms with E-state index in [1.54, 1.807) is 30.0 Å². The normalized spacial score (nSPS) is 11.9. The van der Waals surface area contributed by atoms with Crippen molar-refractivity contribution < 1.29 is 9.53 Å². The average Bonchev–Trinajstić information content (AvgIpc) is 2.38. The number of hydrogen-bond donors (Lipinski definition) is 2. The molecule has 0 saturated carbocycles. The van der Waals surface area contributed by atoms with Crippen LogP contribution in [0.15, 0.2) is 18.2 Å². The molecule has 106 valence electrons. The van der Waals surface area contributed by atoms with E-state index in [4.69, 9.17) is 10.5 Å². The molecule has 0 heterocycles. The topological polar surface area (TPSA) is 64.3 Å². The molecule has 0 spiro atoms. The number of carbonyl (C=O) groups excluding carboxylic acids is 1. The summed E-state index contributed by atoms with van der Waals surface area (Å²) in [6, 6.07) is 5.37. The summed E-state index contributed by atoms with van der Waals surface area (Å²) in [5.74, 6) is 1.36. The first-order valence-corrected chi connectivity index (χ1v) is 7.80. The Hall–Kier alpha value is -1.36. The van der Waals surface area contributed by atoms with E-state index in [2.05, 4.69) is 11.6 Å². The van der Waals surface area contributed by atoms with Gasteiger partial charge in [-0.05, 0) is 44.4 Å². The first-order chi connectivity index (χ1) is 9.10. The number of rotatable bonds is 7. The minimum atomic E-state index is -0.135. The zero-order chi connectivity index (χ0) is 14.3. The van der Waals surface area contributed by atoms with Gasteiger partial charge in [0.05, 0.1) is 17.9 Å². The number of nitrogen functional groups attached to an aromatic ring is 1. The lowest BCUT2D eigenvalue weighted by atomic mass is 10.1. The fourth-order valence-corrected chi connectivity index (χ4v) is 2.30. The van der Waals surface area contributed by atoms with Crippen LogP contribution in [0.25, 0.3) is 0 Å². The van der Waals surface area contributed by atoms with Gasteiger partial charge in [0.15, 0.2) is 5.75 Å². The van der Waals surface area contributed by atoms with Gasteiger partial charge < -0.3 is 15.8 Å². The standard InChI is InChI=1S/C14H22N2O2S/c1-4-18-13-11(6-5-7-12(13)15)14(17)16-10(2)8-9-19-3/h5-7,10H,4,8-9,15H2,1-3H3,(H,16,17). The van der Waals surface area contributed by atoms with Crippen molar-refractivity contribution in [3.05, 3.63) is 23.8 Å². The van der Waals surface area contributed by atoms with E-state index < -0.39 is 0 Å². The molecule has 0 radical (unpaired) electrons. The molecule has 3 N–H and O–H groups in total. The van der Waals surface area contributed by atoms with Crippen LogP contribution in [0.3, 0.4) is 0 Å². The number of hydrogen-bond acceptors (Lipinski definition) is 4. The van der Waals surface area contributed by atoms with Gasteiger partial charge in [0.2, 0.25) is 0 Å². The Kier molecular flexibility index (Phi) is 6.56. The summed E-state index contributed by atoms with van der Waals surface area (Å²) in [6.45, 7) is 4.35. The third-order valence-electron chi connectivity index (χ3n) is 2.71. The molecule has 0 aliphatic heterocycles. The second kappa shape index (κ2) is 7.94. The van der Waals surface area contributed by atoms with Crippen molar-refractivity contribution in [1.29, 1.82) is 0 Å². The zero-order valence-corrected chi connectivity index (χ0v) is 12.5. The Morgan fingerprint density at radius 1 is 1.53 bits per heavy atom. The van der Waals surface area contributed by atoms with Crippen molar-refractivity contribution in [2.45, 2.75) is 26.3 Å². The minimum absolute atomic E-state index is 0.135. The number of thioether (sulfide) groups is 1. The molecular formula is C14H22N2O2S. The van der Waals surface area contributed by atoms with Crippen LogP contribution in [0.5, 0.6) is 5.75 Å². The number of anilines is 1. The van der Waals surface area contributed by atoms with Crippen LogP contribution in [0.2, 0.25) is 0 Å². The third kappa shape index (κ3) is 4.67. The molecule has 1 amide bonds. The van der Waals surface area contributed by atoms with E-state index in [9.17, 15) is 4.79 Å². The second-order valence-corrected chi connectivity index (χ2v) is 5.30. The summed E-state index contributed by atoms with van der Waals surface area (Å²) >= 11 is 1.77. The number of amides is 1. The molecule has 0 aromatic heterocycles. The van der Waals surface area contributed by atoms with Crippen LogP contribution in [-0.4, -0.2) is 30.6 Å². The van der Waals surface area contributed by atoms with E-state index in [0.717, 1.165) is 12.2 Å². The Morgan fingerprint density at radius 3 is 2.89 bits per heavy atom. The monoisotopic (exact) mass is 282 g/mol. The smallest absolute Gasteiger partial charge is 0.255 e. The molecule has 5 heteroatoms. The molecule has 1 rings (SSSR count). The number of para-hydroxylation sites is 1. The number of nitrogens with two attached hydrogens (primary N) is 1. The molecule has 1 aromatic carbocycles. The van der Waals surface area contributed by atoms with Crippen LogP contribution in [-0.2, 0) is 0 Å². The van der Waals surface area contributed by atoms with Crippen molar-refractivity contribution in [3.8, 4) is 5.75 Å². The van der Waals surface area contributed by atoms with Crippen molar-refractivity contribution in [3.63, 3.8) is 0 Å². The summed E-state index contributed by atoms with van der Waals surface area (Å²) in [5, 5.41) is 2.97. The molecule has 1 atom stereocenters. The molecule has 0 saturated heterocycles. The van der Waals surface area contributed by atoms with Crippen molar-refractivity contribution in [1.82, 2.24) is 5.32 Å². The summed E-state index contributed by atoms with van der Waals surface area (Å²) in [5.41, 5.74) is 6.84. The summed E-state index contributed by atoms with van der Waals surface area (Å²) < 4.78 is 5.46. The lowest BCUT2D eigenvalue weighted by Gasteiger charge is -2.16. The van der Waals surface area contributed by atoms with E-state index in [-0.39, 0.29) is 11.9 Å². The van der Waals surface area contributed by atoms with Gasteiger partial charge >= 0.3 is 0 Å². The van der Waals surface area contributed by atoms with Gasteiger partial charge in [0.1, 0.15) is 0 Å². The molecule has 19 heavy (non-hydrogen) atoms. The number of benzene rings is 1. The van der Waals surface area contributed by atoms with Crippen LogP contribution in [0.4, 0.5) is 5.69 Å². The van der Waals surface area contributed by atoms with Crippen LogP contribution < -0.4 is 15.8 Å². The molecule has 0 aliphatic carbocycles. The van der Waals surface area contributed by atoms with Crippen molar-refractivity contribution in [2.75, 3.05) is 24.3 Å². The van der Waals surface area contributed by atoms with Crippen molar-refractivity contribution in [2.24, 2.45) is 0 Å². The molecule has 4 nitrogen and oxygen atoms in total. The van der Waals surface area contributed by atoms with Gasteiger partial charge in [-0.15, -0.1) is 0 Å². The molecule has 0 fully saturated rings. The van der Waals surface area contributed by atoms with Crippen LogP contribution >= 0.6 is 11.8 Å². The second-order valence-electron chi connectivity index (χ2n) is 4.31. The lowest BCUT2D eigenvalue weighted by Crippen LogP contribution is -2.33. The number of nitrogens with one attached hydrogen (secondary N) is 1. The summed E-state index contributed by atoms with van der Waals surface area (Å²) in [7, 11) is 0. The molecule has 1 aromatic rings. The Balaban J connectivity index is 2.78. The maximum atomic E-state index is 12.2. The molecular weight excluding hydrogens is 260 g/mol. The maximum absolute atomic E-state index is 12.2. The highest BCUT2D eigenvalue weighted by Crippen LogP contribution is 2.26. The molecule has 0 aliphatic rings. The maximum Gasteiger partial charge on any atom is 0.255 e. The van der Waals surface area contributed by atoms with Gasteiger partial charge in [-0.25, -0.2) is 0 Å². The van der Waals surface area contributed by atoms with Gasteiger partial charge in [-0.1, -0.05) is 6.07 Å². The lowest BCUT2D eigenvalue weighted by molar-refractivity contribution is 0.0936. The van der Waals surface area contributed by atoms with Crippen LogP contribution in [0.1, 0.15) is 30.6 Å². The number of carbonyl (C=O) groups is 1. The van der Waals surface area contributed by atoms with Gasteiger partial charge in [0.25, 0.3) is 5.91 Å². The largest absolute Gasteiger partial charge is 0.491 e. The van der Waals surface area contributed by atoms with Crippen LogP contribution in [0, 0.1) is 0 Å². The minimum Gasteiger partial charge on any atom is -0.491 e. The fourth-order valence-electron chi connectivity index (χ4n) is 1.71. The van der Waals surface area contributed by atoms with Gasteiger partial charge in [-0.3, -0.25) is 4.79 Å². The highest BCUT2D eigenvalue weighted by molar-refractivity contribution is 7.98. The van der Waals surface area contributed by atoms with Gasteiger partial charge in [0, 0.05) is 6.04 Å². The SMILES string of the molecule is CCOc1c(N)cccc1C(=O)NC(C)CCSC. The quantitative estimate of drug-likeness (QED) is 0.754. The predicted molar refractivity (Wildman–Crippen MR) is 82.0 cm³/mol. The fraction of sp³-hybridized carbons (Fsp3) is 0.500. The van der Waals surface area contributed by atoms with E-state index in [1.807, 2.05) is 13.8 Å². The highest BCUT2D eigenvalue weighted by Gasteiger charge is 2.16. The summed E-state index contributed by atoms with van der Waals surface area (Å²) in [6.07, 6.45) is 3.00.